The van der Waals surface area contributed by atoms with Crippen molar-refractivity contribution in [3.8, 4) is 0 Å². The Morgan fingerprint density at radius 3 is 2.78 bits per heavy atom. The molecule has 0 saturated carbocycles. The molecule has 6 heteroatoms. The van der Waals surface area contributed by atoms with E-state index in [4.69, 9.17) is 5.73 Å². The van der Waals surface area contributed by atoms with Crippen LogP contribution in [0.15, 0.2) is 29.2 Å². The van der Waals surface area contributed by atoms with Crippen molar-refractivity contribution in [3.63, 3.8) is 0 Å². The molecule has 2 atom stereocenters. The zero-order valence-corrected chi connectivity index (χ0v) is 11.0. The first kappa shape index (κ1) is 13.5. The molecule has 1 heterocycles. The smallest absolute Gasteiger partial charge is 0.243 e. The van der Waals surface area contributed by atoms with E-state index in [9.17, 15) is 12.8 Å². The molecule has 1 aromatic rings. The lowest BCUT2D eigenvalue weighted by molar-refractivity contribution is 0.250. The highest BCUT2D eigenvalue weighted by Crippen LogP contribution is 2.23. The van der Waals surface area contributed by atoms with Crippen LogP contribution >= 0.6 is 0 Å². The van der Waals surface area contributed by atoms with Crippen molar-refractivity contribution in [2.45, 2.75) is 24.3 Å². The average molecular weight is 272 g/mol. The lowest BCUT2D eigenvalue weighted by Gasteiger charge is -2.34. The maximum absolute atomic E-state index is 13.1. The van der Waals surface area contributed by atoms with Gasteiger partial charge in [-0.05, 0) is 30.5 Å². The Morgan fingerprint density at radius 2 is 2.17 bits per heavy atom. The van der Waals surface area contributed by atoms with E-state index in [2.05, 4.69) is 0 Å². The van der Waals surface area contributed by atoms with E-state index in [1.165, 1.54) is 22.5 Å². The van der Waals surface area contributed by atoms with Gasteiger partial charge in [0.15, 0.2) is 0 Å². The van der Waals surface area contributed by atoms with Crippen molar-refractivity contribution >= 4 is 10.0 Å². The molecule has 2 rings (SSSR count). The molecule has 0 radical (unpaired) electrons. The average Bonchev–Trinajstić information content (AvgIpc) is 2.32. The van der Waals surface area contributed by atoms with Gasteiger partial charge < -0.3 is 5.73 Å². The van der Waals surface area contributed by atoms with Gasteiger partial charge in [0.25, 0.3) is 0 Å². The fourth-order valence-corrected chi connectivity index (χ4v) is 3.71. The first-order valence-electron chi connectivity index (χ1n) is 5.92. The fourth-order valence-electron chi connectivity index (χ4n) is 2.12. The van der Waals surface area contributed by atoms with Gasteiger partial charge in [-0.15, -0.1) is 0 Å². The van der Waals surface area contributed by atoms with Gasteiger partial charge in [0, 0.05) is 19.1 Å². The molecule has 100 valence electrons. The van der Waals surface area contributed by atoms with Gasteiger partial charge >= 0.3 is 0 Å². The number of hydrogen-bond acceptors (Lipinski definition) is 3. The number of nitrogens with two attached hydrogens (primary N) is 1. The quantitative estimate of drug-likeness (QED) is 0.879. The summed E-state index contributed by atoms with van der Waals surface area (Å²) < 4.78 is 39.1. The minimum atomic E-state index is -3.60. The molecule has 2 N–H and O–H groups in total. The van der Waals surface area contributed by atoms with Crippen LogP contribution in [0, 0.1) is 11.7 Å². The van der Waals surface area contributed by atoms with Crippen molar-refractivity contribution in [2.24, 2.45) is 11.7 Å². The van der Waals surface area contributed by atoms with Crippen molar-refractivity contribution in [1.29, 1.82) is 0 Å². The molecule has 0 aromatic heterocycles. The second-order valence-corrected chi connectivity index (χ2v) is 6.69. The summed E-state index contributed by atoms with van der Waals surface area (Å²) in [4.78, 5) is 0.00479. The molecule has 1 aromatic carbocycles. The van der Waals surface area contributed by atoms with Crippen molar-refractivity contribution in [1.82, 2.24) is 4.31 Å². The lowest BCUT2D eigenvalue weighted by Crippen LogP contribution is -2.48. The minimum absolute atomic E-state index is 0.00479. The van der Waals surface area contributed by atoms with E-state index in [0.717, 1.165) is 6.07 Å². The van der Waals surface area contributed by atoms with Crippen LogP contribution in [0.25, 0.3) is 0 Å². The van der Waals surface area contributed by atoms with Crippen LogP contribution in [-0.4, -0.2) is 31.9 Å². The van der Waals surface area contributed by atoms with Gasteiger partial charge in [-0.3, -0.25) is 0 Å². The van der Waals surface area contributed by atoms with Gasteiger partial charge in [-0.25, -0.2) is 12.8 Å². The zero-order valence-electron chi connectivity index (χ0n) is 10.2. The first-order chi connectivity index (χ1) is 8.41. The van der Waals surface area contributed by atoms with Crippen molar-refractivity contribution in [3.05, 3.63) is 30.1 Å². The summed E-state index contributed by atoms with van der Waals surface area (Å²) in [6, 6.07) is 5.13. The first-order valence-corrected chi connectivity index (χ1v) is 7.36. The van der Waals surface area contributed by atoms with Crippen LogP contribution in [0.3, 0.4) is 0 Å². The normalized spacial score (nSPS) is 26.2. The van der Waals surface area contributed by atoms with E-state index in [-0.39, 0.29) is 16.9 Å². The van der Waals surface area contributed by atoms with Crippen molar-refractivity contribution < 1.29 is 12.8 Å². The zero-order chi connectivity index (χ0) is 13.3. The highest BCUT2D eigenvalue weighted by atomic mass is 32.2. The highest BCUT2D eigenvalue weighted by molar-refractivity contribution is 7.89. The van der Waals surface area contributed by atoms with Crippen LogP contribution in [0.4, 0.5) is 4.39 Å². The molecule has 0 spiro atoms. The Labute approximate surface area is 107 Å². The Hall–Kier alpha value is -0.980. The second-order valence-electron chi connectivity index (χ2n) is 4.75. The number of hydrogen-bond donors (Lipinski definition) is 1. The third-order valence-electron chi connectivity index (χ3n) is 3.37. The summed E-state index contributed by atoms with van der Waals surface area (Å²) in [6.45, 7) is 2.71. The SMILES string of the molecule is CC1CN(S(=O)(=O)c2cccc(F)c2)CCC1N. The molecule has 18 heavy (non-hydrogen) atoms. The van der Waals surface area contributed by atoms with Gasteiger partial charge in [-0.1, -0.05) is 13.0 Å². The molecule has 1 aliphatic heterocycles. The predicted molar refractivity (Wildman–Crippen MR) is 66.9 cm³/mol. The monoisotopic (exact) mass is 272 g/mol. The van der Waals surface area contributed by atoms with Gasteiger partial charge in [0.2, 0.25) is 10.0 Å². The molecule has 0 amide bonds. The molecule has 0 aliphatic carbocycles. The third-order valence-corrected chi connectivity index (χ3v) is 5.23. The summed E-state index contributed by atoms with van der Waals surface area (Å²) in [7, 11) is -3.60. The summed E-state index contributed by atoms with van der Waals surface area (Å²) in [5.41, 5.74) is 5.87. The van der Waals surface area contributed by atoms with Crippen LogP contribution in [0.1, 0.15) is 13.3 Å². The van der Waals surface area contributed by atoms with Gasteiger partial charge in [-0.2, -0.15) is 4.31 Å². The molecular weight excluding hydrogens is 255 g/mol. The summed E-state index contributed by atoms with van der Waals surface area (Å²) >= 11 is 0. The van der Waals surface area contributed by atoms with Gasteiger partial charge in [0.1, 0.15) is 5.82 Å². The topological polar surface area (TPSA) is 63.4 Å². The number of sulfonamides is 1. The highest BCUT2D eigenvalue weighted by Gasteiger charge is 2.32. The Morgan fingerprint density at radius 1 is 1.44 bits per heavy atom. The van der Waals surface area contributed by atoms with Gasteiger partial charge in [0.05, 0.1) is 4.90 Å². The molecule has 4 nitrogen and oxygen atoms in total. The summed E-state index contributed by atoms with van der Waals surface area (Å²) in [5, 5.41) is 0. The molecule has 1 aliphatic rings. The lowest BCUT2D eigenvalue weighted by atomic mass is 9.96. The molecule has 0 bridgehead atoms. The minimum Gasteiger partial charge on any atom is -0.327 e. The Kier molecular flexibility index (Phi) is 3.70. The van der Waals surface area contributed by atoms with Crippen LogP contribution in [0.5, 0.6) is 0 Å². The van der Waals surface area contributed by atoms with E-state index in [1.807, 2.05) is 6.92 Å². The Balaban J connectivity index is 2.27. The summed E-state index contributed by atoms with van der Waals surface area (Å²) in [5.74, 6) is -0.431. The maximum Gasteiger partial charge on any atom is 0.243 e. The second kappa shape index (κ2) is 4.95. The Bertz CT molecular complexity index is 533. The van der Waals surface area contributed by atoms with E-state index >= 15 is 0 Å². The largest absolute Gasteiger partial charge is 0.327 e. The number of halogens is 1. The molecule has 1 fully saturated rings. The standard InChI is InChI=1S/C12H17FN2O2S/c1-9-8-15(6-5-12(9)14)18(16,17)11-4-2-3-10(13)7-11/h2-4,7,9,12H,5-6,8,14H2,1H3. The number of piperidine rings is 1. The maximum atomic E-state index is 13.1. The van der Waals surface area contributed by atoms with Crippen LogP contribution in [0.2, 0.25) is 0 Å². The fraction of sp³-hybridized carbons (Fsp3) is 0.500. The summed E-state index contributed by atoms with van der Waals surface area (Å²) in [6.07, 6.45) is 0.635. The number of nitrogens with zero attached hydrogens (tertiary/aromatic N) is 1. The number of benzene rings is 1. The van der Waals surface area contributed by atoms with E-state index in [0.29, 0.717) is 19.5 Å². The molecular formula is C12H17FN2O2S. The number of rotatable bonds is 2. The predicted octanol–water partition coefficient (Wildman–Crippen LogP) is 1.18. The van der Waals surface area contributed by atoms with Crippen LogP contribution in [-0.2, 0) is 10.0 Å². The molecule has 1 saturated heterocycles. The van der Waals surface area contributed by atoms with E-state index in [1.54, 1.807) is 0 Å². The van der Waals surface area contributed by atoms with Crippen LogP contribution < -0.4 is 5.73 Å². The third kappa shape index (κ3) is 2.55. The van der Waals surface area contributed by atoms with Crippen molar-refractivity contribution in [2.75, 3.05) is 13.1 Å². The molecule has 2 unspecified atom stereocenters. The van der Waals surface area contributed by atoms with E-state index < -0.39 is 15.8 Å².